The van der Waals surface area contributed by atoms with Crippen molar-refractivity contribution in [3.8, 4) is 0 Å². The summed E-state index contributed by atoms with van der Waals surface area (Å²) in [5.41, 5.74) is 2.26. The summed E-state index contributed by atoms with van der Waals surface area (Å²) in [5, 5.41) is 0. The molecule has 0 saturated carbocycles. The van der Waals surface area contributed by atoms with Gasteiger partial charge < -0.3 is 9.47 Å². The summed E-state index contributed by atoms with van der Waals surface area (Å²) < 4.78 is 10.0. The quantitative estimate of drug-likeness (QED) is 0.333. The van der Waals surface area contributed by atoms with Crippen LogP contribution in [0.15, 0.2) is 43.0 Å². The lowest BCUT2D eigenvalue weighted by molar-refractivity contribution is -0.139. The van der Waals surface area contributed by atoms with Gasteiger partial charge in [0.05, 0.1) is 13.2 Å². The van der Waals surface area contributed by atoms with Gasteiger partial charge in [0.15, 0.2) is 0 Å². The van der Waals surface area contributed by atoms with Crippen LogP contribution in [0.5, 0.6) is 0 Å². The van der Waals surface area contributed by atoms with E-state index < -0.39 is 0 Å². The smallest absolute Gasteiger partial charge is 0.330 e. The van der Waals surface area contributed by atoms with Crippen molar-refractivity contribution in [1.82, 2.24) is 0 Å². The molecule has 0 N–H and O–H groups in total. The molecule has 0 spiro atoms. The maximum absolute atomic E-state index is 11.7. The Morgan fingerprint density at radius 3 is 2.04 bits per heavy atom. The van der Waals surface area contributed by atoms with Gasteiger partial charge in [-0.1, -0.05) is 44.7 Å². The molecular formula is C21H28O4. The number of hydrogen-bond acceptors (Lipinski definition) is 4. The van der Waals surface area contributed by atoms with Crippen LogP contribution in [-0.4, -0.2) is 25.2 Å². The lowest BCUT2D eigenvalue weighted by Gasteiger charge is -2.05. The van der Waals surface area contributed by atoms with Gasteiger partial charge in [0.1, 0.15) is 0 Å². The minimum absolute atomic E-state index is 0.326. The zero-order chi connectivity index (χ0) is 18.5. The Balaban J connectivity index is 2.12. The first-order chi connectivity index (χ1) is 12.0. The molecule has 25 heavy (non-hydrogen) atoms. The van der Waals surface area contributed by atoms with E-state index >= 15 is 0 Å². The molecule has 136 valence electrons. The second-order valence-corrected chi connectivity index (χ2v) is 6.11. The van der Waals surface area contributed by atoms with E-state index in [2.05, 4.69) is 32.6 Å². The summed E-state index contributed by atoms with van der Waals surface area (Å²) in [6.45, 7) is 8.44. The lowest BCUT2D eigenvalue weighted by atomic mass is 10.0. The zero-order valence-corrected chi connectivity index (χ0v) is 15.2. The van der Waals surface area contributed by atoms with E-state index in [-0.39, 0.29) is 11.9 Å². The molecule has 0 radical (unpaired) electrons. The van der Waals surface area contributed by atoms with Crippen molar-refractivity contribution in [3.05, 3.63) is 54.1 Å². The first-order valence-electron chi connectivity index (χ1n) is 8.77. The van der Waals surface area contributed by atoms with Crippen LogP contribution in [0.3, 0.4) is 0 Å². The fourth-order valence-electron chi connectivity index (χ4n) is 2.17. The highest BCUT2D eigenvalue weighted by atomic mass is 16.5. The van der Waals surface area contributed by atoms with Crippen LogP contribution < -0.4 is 0 Å². The van der Waals surface area contributed by atoms with Crippen LogP contribution >= 0.6 is 0 Å². The molecule has 0 aliphatic rings. The average molecular weight is 344 g/mol. The van der Waals surface area contributed by atoms with Crippen LogP contribution in [0.1, 0.15) is 56.6 Å². The molecule has 0 atom stereocenters. The molecule has 0 bridgehead atoms. The Morgan fingerprint density at radius 1 is 0.960 bits per heavy atom. The van der Waals surface area contributed by atoms with Gasteiger partial charge in [0, 0.05) is 12.2 Å². The maximum Gasteiger partial charge on any atom is 0.330 e. The fourth-order valence-corrected chi connectivity index (χ4v) is 2.17. The normalized spacial score (nSPS) is 10.8. The molecule has 0 aliphatic carbocycles. The number of rotatable bonds is 11. The number of carbonyl (C=O) groups is 2. The summed E-state index contributed by atoms with van der Waals surface area (Å²) in [6.07, 6.45) is 7.85. The summed E-state index contributed by atoms with van der Waals surface area (Å²) in [4.78, 5) is 22.5. The first kappa shape index (κ1) is 20.7. The number of benzene rings is 1. The standard InChI is InChI=1S/C21H28O4/c1-4-20(22)24-15-7-5-6-8-16-25-21(23)14-11-18-9-12-19(13-10-18)17(2)3/h4,9-14,17H,1,5-8,15-16H2,2-3H3/b14-11+. The molecular weight excluding hydrogens is 316 g/mol. The number of hydrogen-bond donors (Lipinski definition) is 0. The van der Waals surface area contributed by atoms with Crippen LogP contribution in [0.2, 0.25) is 0 Å². The number of carbonyl (C=O) groups excluding carboxylic acids is 2. The van der Waals surface area contributed by atoms with E-state index in [0.29, 0.717) is 19.1 Å². The number of esters is 2. The van der Waals surface area contributed by atoms with Crippen molar-refractivity contribution in [1.29, 1.82) is 0 Å². The van der Waals surface area contributed by atoms with Gasteiger partial charge in [-0.3, -0.25) is 0 Å². The lowest BCUT2D eigenvalue weighted by Crippen LogP contribution is -2.03. The Labute approximate surface area is 150 Å². The van der Waals surface area contributed by atoms with E-state index in [4.69, 9.17) is 9.47 Å². The van der Waals surface area contributed by atoms with E-state index in [1.807, 2.05) is 12.1 Å². The minimum Gasteiger partial charge on any atom is -0.463 e. The van der Waals surface area contributed by atoms with Gasteiger partial charge in [-0.2, -0.15) is 0 Å². The fraction of sp³-hybridized carbons (Fsp3) is 0.429. The molecule has 0 fully saturated rings. The summed E-state index contributed by atoms with van der Waals surface area (Å²) in [7, 11) is 0. The van der Waals surface area contributed by atoms with Crippen LogP contribution in [-0.2, 0) is 19.1 Å². The molecule has 0 saturated heterocycles. The van der Waals surface area contributed by atoms with Gasteiger partial charge >= 0.3 is 11.9 Å². The van der Waals surface area contributed by atoms with E-state index in [0.717, 1.165) is 37.3 Å². The molecule has 1 aromatic rings. The minimum atomic E-state index is -0.389. The highest BCUT2D eigenvalue weighted by Crippen LogP contribution is 2.15. The average Bonchev–Trinajstić information content (AvgIpc) is 2.62. The third-order valence-corrected chi connectivity index (χ3v) is 3.71. The second-order valence-electron chi connectivity index (χ2n) is 6.11. The van der Waals surface area contributed by atoms with Crippen molar-refractivity contribution in [2.75, 3.05) is 13.2 Å². The van der Waals surface area contributed by atoms with Crippen molar-refractivity contribution in [2.24, 2.45) is 0 Å². The van der Waals surface area contributed by atoms with Gasteiger partial charge in [-0.05, 0) is 48.8 Å². The predicted molar refractivity (Wildman–Crippen MR) is 100 cm³/mol. The molecule has 0 heterocycles. The Bertz CT molecular complexity index is 570. The predicted octanol–water partition coefficient (Wildman–Crippen LogP) is 4.66. The third kappa shape index (κ3) is 9.50. The van der Waals surface area contributed by atoms with Crippen molar-refractivity contribution >= 4 is 18.0 Å². The van der Waals surface area contributed by atoms with E-state index in [1.165, 1.54) is 11.6 Å². The van der Waals surface area contributed by atoms with Crippen LogP contribution in [0.4, 0.5) is 0 Å². The molecule has 0 aromatic heterocycles. The molecule has 1 rings (SSSR count). The molecule has 0 amide bonds. The third-order valence-electron chi connectivity index (χ3n) is 3.71. The monoisotopic (exact) mass is 344 g/mol. The van der Waals surface area contributed by atoms with Crippen LogP contribution in [0.25, 0.3) is 6.08 Å². The van der Waals surface area contributed by atoms with Crippen molar-refractivity contribution in [3.63, 3.8) is 0 Å². The first-order valence-corrected chi connectivity index (χ1v) is 8.77. The van der Waals surface area contributed by atoms with Crippen LogP contribution in [0, 0.1) is 0 Å². The summed E-state index contributed by atoms with van der Waals surface area (Å²) in [5.74, 6) is -0.218. The summed E-state index contributed by atoms with van der Waals surface area (Å²) >= 11 is 0. The largest absolute Gasteiger partial charge is 0.463 e. The van der Waals surface area contributed by atoms with Gasteiger partial charge in [-0.25, -0.2) is 9.59 Å². The van der Waals surface area contributed by atoms with Crippen molar-refractivity contribution < 1.29 is 19.1 Å². The highest BCUT2D eigenvalue weighted by Gasteiger charge is 2.00. The van der Waals surface area contributed by atoms with E-state index in [1.54, 1.807) is 6.08 Å². The second kappa shape index (κ2) is 12.1. The SMILES string of the molecule is C=CC(=O)OCCCCCCOC(=O)/C=C/c1ccc(C(C)C)cc1. The molecule has 4 heteroatoms. The molecule has 0 unspecified atom stereocenters. The molecule has 4 nitrogen and oxygen atoms in total. The van der Waals surface area contributed by atoms with Gasteiger partial charge in [-0.15, -0.1) is 0 Å². The van der Waals surface area contributed by atoms with Gasteiger partial charge in [0.2, 0.25) is 0 Å². The highest BCUT2D eigenvalue weighted by molar-refractivity contribution is 5.87. The maximum atomic E-state index is 11.7. The molecule has 1 aromatic carbocycles. The van der Waals surface area contributed by atoms with E-state index in [9.17, 15) is 9.59 Å². The van der Waals surface area contributed by atoms with Crippen molar-refractivity contribution in [2.45, 2.75) is 45.4 Å². The Morgan fingerprint density at radius 2 is 1.52 bits per heavy atom. The Kier molecular flexibility index (Phi) is 9.98. The Hall–Kier alpha value is -2.36. The topological polar surface area (TPSA) is 52.6 Å². The van der Waals surface area contributed by atoms with Gasteiger partial charge in [0.25, 0.3) is 0 Å². The number of unbranched alkanes of at least 4 members (excludes halogenated alkanes) is 3. The summed E-state index contributed by atoms with van der Waals surface area (Å²) in [6, 6.07) is 8.14. The number of ether oxygens (including phenoxy) is 2. The molecule has 0 aliphatic heterocycles. The zero-order valence-electron chi connectivity index (χ0n) is 15.2.